The first-order chi connectivity index (χ1) is 23.4. The molecule has 1 unspecified atom stereocenters. The fourth-order valence-electron chi connectivity index (χ4n) is 12.6. The number of carboxylic acids is 1. The zero-order valence-electron chi connectivity index (χ0n) is 32.5. The van der Waals surface area contributed by atoms with E-state index >= 15 is 0 Å². The number of fused-ring (bicyclic) bond motifs is 3. The maximum atomic E-state index is 13.5. The number of amides is 1. The average Bonchev–Trinajstić information content (AvgIpc) is 3.57. The Kier molecular flexibility index (Phi) is 9.50. The third-order valence-corrected chi connectivity index (χ3v) is 16.4. The van der Waals surface area contributed by atoms with E-state index in [0.29, 0.717) is 38.1 Å². The van der Waals surface area contributed by atoms with Crippen LogP contribution in [0.25, 0.3) is 0 Å². The van der Waals surface area contributed by atoms with Crippen LogP contribution in [0, 0.1) is 56.7 Å². The van der Waals surface area contributed by atoms with Crippen LogP contribution in [0.15, 0.2) is 18.0 Å². The highest BCUT2D eigenvalue weighted by Gasteiger charge is 2.72. The molecule has 4 aliphatic carbocycles. The van der Waals surface area contributed by atoms with Crippen molar-refractivity contribution in [2.45, 2.75) is 131 Å². The molecule has 1 aliphatic heterocycles. The Morgan fingerprint density at radius 2 is 1.82 bits per heavy atom. The first kappa shape index (κ1) is 37.5. The van der Waals surface area contributed by atoms with Gasteiger partial charge in [0.05, 0.1) is 37.9 Å². The Morgan fingerprint density at radius 3 is 2.44 bits per heavy atom. The number of hydrogen-bond donors (Lipinski definition) is 3. The van der Waals surface area contributed by atoms with Gasteiger partial charge in [-0.3, -0.25) is 9.59 Å². The van der Waals surface area contributed by atoms with E-state index < -0.39 is 22.8 Å². The lowest BCUT2D eigenvalue weighted by Crippen LogP contribution is -2.69. The van der Waals surface area contributed by atoms with Gasteiger partial charge in [-0.1, -0.05) is 74.0 Å². The van der Waals surface area contributed by atoms with Crippen LogP contribution in [0.4, 0.5) is 0 Å². The minimum atomic E-state index is -0.647. The molecule has 0 spiro atoms. The smallest absolute Gasteiger partial charge is 0.307 e. The number of rotatable bonds is 10. The molecule has 280 valence electrons. The number of nitrogens with zero attached hydrogens (tertiary/aromatic N) is 3. The van der Waals surface area contributed by atoms with Gasteiger partial charge >= 0.3 is 5.97 Å². The maximum Gasteiger partial charge on any atom is 0.307 e. The molecular formula is C40H65N5O5. The lowest BCUT2D eigenvalue weighted by atomic mass is 9.34. The summed E-state index contributed by atoms with van der Waals surface area (Å²) < 4.78 is 15.5. The summed E-state index contributed by atoms with van der Waals surface area (Å²) in [6.07, 6.45) is 10.7. The number of hydrogen-bond acceptors (Lipinski definition) is 7. The number of nitrogens with two attached hydrogens (primary N) is 1. The summed E-state index contributed by atoms with van der Waals surface area (Å²) >= 11 is 0. The van der Waals surface area contributed by atoms with Crippen LogP contribution in [-0.4, -0.2) is 70.3 Å². The molecule has 6 rings (SSSR count). The fourth-order valence-corrected chi connectivity index (χ4v) is 12.6. The third kappa shape index (κ3) is 5.11. The molecule has 5 aliphatic rings. The van der Waals surface area contributed by atoms with Crippen molar-refractivity contribution in [3.8, 4) is 0 Å². The highest BCUT2D eigenvalue weighted by atomic mass is 16.5. The second-order valence-corrected chi connectivity index (χ2v) is 18.5. The van der Waals surface area contributed by atoms with Gasteiger partial charge in [0, 0.05) is 23.4 Å². The van der Waals surface area contributed by atoms with Crippen molar-refractivity contribution >= 4 is 11.9 Å². The molecular weight excluding hydrogens is 630 g/mol. The molecule has 4 N–H and O–H groups in total. The molecule has 1 aromatic heterocycles. The van der Waals surface area contributed by atoms with Gasteiger partial charge in [0.15, 0.2) is 0 Å². The number of carbonyl (C=O) groups is 2. The van der Waals surface area contributed by atoms with E-state index in [4.69, 9.17) is 20.3 Å². The number of nitrogens with one attached hydrogen (secondary N) is 1. The van der Waals surface area contributed by atoms with Crippen LogP contribution in [0.2, 0.25) is 0 Å². The Balaban J connectivity index is 1.48. The van der Waals surface area contributed by atoms with Crippen LogP contribution in [0.3, 0.4) is 0 Å². The summed E-state index contributed by atoms with van der Waals surface area (Å²) in [7, 11) is 1.62. The number of allylic oxidation sites excluding steroid dienone is 1. The predicted octanol–water partition coefficient (Wildman–Crippen LogP) is 6.67. The van der Waals surface area contributed by atoms with Gasteiger partial charge in [-0.25, -0.2) is 9.67 Å². The standard InChI is InChI=1S/C40H65N5O5/c1-11-39(41,12-2)21-50-31-28(45-32(33(46)42-10)43-23-44-45)19-40-22-49-20-36(31,7)29(40)14-13-26-27(40)15-16-38(9)30(34(47)48)35(6,25(5)24(3)4)17-18-37(26,38)8/h15,23-26,28-31H,11-14,16-22,41H2,1-10H3,(H,42,46)(H,47,48)/t25-,26+,28-,29+,30-,31+,35-,36+,37-,38+,40?/m1/s1. The van der Waals surface area contributed by atoms with Crippen molar-refractivity contribution in [3.63, 3.8) is 0 Å². The highest BCUT2D eigenvalue weighted by Crippen LogP contribution is 2.75. The molecule has 1 saturated heterocycles. The van der Waals surface area contributed by atoms with E-state index in [9.17, 15) is 14.7 Å². The molecule has 10 heteroatoms. The lowest BCUT2D eigenvalue weighted by Gasteiger charge is -2.71. The monoisotopic (exact) mass is 695 g/mol. The van der Waals surface area contributed by atoms with Crippen LogP contribution >= 0.6 is 0 Å². The number of aromatic nitrogens is 3. The normalized spacial score (nSPS) is 41.8. The number of ether oxygens (including phenoxy) is 2. The van der Waals surface area contributed by atoms with Crippen LogP contribution in [0.1, 0.15) is 130 Å². The summed E-state index contributed by atoms with van der Waals surface area (Å²) in [5, 5.41) is 18.6. The summed E-state index contributed by atoms with van der Waals surface area (Å²) in [5.41, 5.74) is 6.29. The Morgan fingerprint density at radius 1 is 1.12 bits per heavy atom. The molecule has 10 nitrogen and oxygen atoms in total. The van der Waals surface area contributed by atoms with Crippen molar-refractivity contribution in [1.82, 2.24) is 20.1 Å². The Labute approximate surface area is 300 Å². The van der Waals surface area contributed by atoms with E-state index in [-0.39, 0.29) is 57.4 Å². The maximum absolute atomic E-state index is 13.5. The van der Waals surface area contributed by atoms with Gasteiger partial charge in [0.25, 0.3) is 5.91 Å². The molecule has 1 aromatic rings. The van der Waals surface area contributed by atoms with Crippen LogP contribution in [0.5, 0.6) is 0 Å². The zero-order valence-corrected chi connectivity index (χ0v) is 32.5. The van der Waals surface area contributed by atoms with E-state index in [2.05, 4.69) is 78.7 Å². The summed E-state index contributed by atoms with van der Waals surface area (Å²) in [6, 6.07) is -0.262. The second kappa shape index (κ2) is 12.7. The minimum Gasteiger partial charge on any atom is -0.481 e. The molecule has 0 aromatic carbocycles. The van der Waals surface area contributed by atoms with E-state index in [1.807, 2.05) is 4.68 Å². The number of carboxylic acid groups (broad SMARTS) is 1. The predicted molar refractivity (Wildman–Crippen MR) is 193 cm³/mol. The van der Waals surface area contributed by atoms with Gasteiger partial charge in [0.2, 0.25) is 5.82 Å². The van der Waals surface area contributed by atoms with Crippen molar-refractivity contribution in [2.75, 3.05) is 26.9 Å². The molecule has 4 fully saturated rings. The second-order valence-electron chi connectivity index (χ2n) is 18.5. The Hall–Kier alpha value is -2.30. The Bertz CT molecular complexity index is 1500. The molecule has 2 bridgehead atoms. The van der Waals surface area contributed by atoms with E-state index in [0.717, 1.165) is 44.9 Å². The first-order valence-electron chi connectivity index (χ1n) is 19.5. The number of carbonyl (C=O) groups excluding carboxylic acids is 1. The van der Waals surface area contributed by atoms with Crippen molar-refractivity contribution in [3.05, 3.63) is 23.8 Å². The zero-order chi connectivity index (χ0) is 36.7. The third-order valence-electron chi connectivity index (χ3n) is 16.4. The SMILES string of the molecule is CCC(N)(CC)CO[C@H]1[C@H](n2ncnc2C(=O)NC)CC23COC[C@@]1(C)[C@@H]2CC[C@H]1C3=CC[C@@]2(C)[C@H](C(=O)O)[C@@](C)([C@H](C)C(C)C)CC[C@]12C. The van der Waals surface area contributed by atoms with Crippen molar-refractivity contribution in [2.24, 2.45) is 62.4 Å². The number of aliphatic carboxylic acids is 1. The molecule has 1 amide bonds. The van der Waals surface area contributed by atoms with Crippen molar-refractivity contribution in [1.29, 1.82) is 0 Å². The topological polar surface area (TPSA) is 142 Å². The van der Waals surface area contributed by atoms with Crippen molar-refractivity contribution < 1.29 is 24.2 Å². The molecule has 2 heterocycles. The highest BCUT2D eigenvalue weighted by molar-refractivity contribution is 5.90. The van der Waals surface area contributed by atoms with E-state index in [1.54, 1.807) is 7.05 Å². The van der Waals surface area contributed by atoms with Gasteiger partial charge in [-0.15, -0.1) is 0 Å². The van der Waals surface area contributed by atoms with Gasteiger partial charge in [0.1, 0.15) is 6.33 Å². The summed E-state index contributed by atoms with van der Waals surface area (Å²) in [4.78, 5) is 31.1. The van der Waals surface area contributed by atoms with Gasteiger partial charge in [-0.05, 0) is 91.3 Å². The fraction of sp³-hybridized carbons (Fsp3) is 0.850. The molecule has 11 atom stereocenters. The van der Waals surface area contributed by atoms with Crippen LogP contribution in [-0.2, 0) is 14.3 Å². The molecule has 0 radical (unpaired) electrons. The summed E-state index contributed by atoms with van der Waals surface area (Å²) in [6.45, 7) is 21.8. The largest absolute Gasteiger partial charge is 0.481 e. The summed E-state index contributed by atoms with van der Waals surface area (Å²) in [5.74, 6) is 0.160. The molecule has 3 saturated carbocycles. The van der Waals surface area contributed by atoms with Gasteiger partial charge < -0.3 is 25.6 Å². The van der Waals surface area contributed by atoms with Gasteiger partial charge in [-0.2, -0.15) is 5.10 Å². The minimum absolute atomic E-state index is 0.186. The quantitative estimate of drug-likeness (QED) is 0.231. The first-order valence-corrected chi connectivity index (χ1v) is 19.5. The average molecular weight is 696 g/mol. The van der Waals surface area contributed by atoms with Crippen LogP contribution < -0.4 is 11.1 Å². The molecule has 50 heavy (non-hydrogen) atoms. The lowest BCUT2D eigenvalue weighted by molar-refractivity contribution is -0.252. The van der Waals surface area contributed by atoms with E-state index in [1.165, 1.54) is 11.9 Å².